The molecular formula is C31H35N5O4S. The van der Waals surface area contributed by atoms with Crippen molar-refractivity contribution < 1.29 is 19.0 Å². The van der Waals surface area contributed by atoms with Crippen LogP contribution in [0.25, 0.3) is 10.9 Å². The Bertz CT molecular complexity index is 1490. The number of piperazine rings is 1. The molecule has 214 valence electrons. The number of para-hydroxylation sites is 3. The number of amides is 1. The van der Waals surface area contributed by atoms with E-state index >= 15 is 0 Å². The Morgan fingerprint density at radius 2 is 1.59 bits per heavy atom. The van der Waals surface area contributed by atoms with E-state index in [4.69, 9.17) is 24.2 Å². The predicted molar refractivity (Wildman–Crippen MR) is 164 cm³/mol. The van der Waals surface area contributed by atoms with Crippen molar-refractivity contribution >= 4 is 40.1 Å². The Morgan fingerprint density at radius 3 is 2.37 bits per heavy atom. The van der Waals surface area contributed by atoms with Crippen LogP contribution in [0.1, 0.15) is 5.56 Å². The second-order valence-electron chi connectivity index (χ2n) is 9.57. The molecular weight excluding hydrogens is 538 g/mol. The van der Waals surface area contributed by atoms with Crippen molar-refractivity contribution in [1.82, 2.24) is 14.9 Å². The molecule has 0 unspecified atom stereocenters. The molecule has 1 N–H and O–H groups in total. The molecule has 4 aromatic rings. The van der Waals surface area contributed by atoms with Crippen molar-refractivity contribution in [3.05, 3.63) is 72.3 Å². The zero-order valence-corrected chi connectivity index (χ0v) is 24.4. The van der Waals surface area contributed by atoms with Crippen LogP contribution in [0.3, 0.4) is 0 Å². The van der Waals surface area contributed by atoms with Crippen molar-refractivity contribution in [1.29, 1.82) is 0 Å². The molecule has 1 aliphatic heterocycles. The van der Waals surface area contributed by atoms with Gasteiger partial charge in [-0.1, -0.05) is 42.1 Å². The standard InChI is InChI=1S/C31H35N5O4S/c1-38-26-11-7-6-10-25(26)35-16-18-36(19-17-35)29(37)21-41-31-33-24-9-5-4-8-23(24)30(34-31)32-15-14-22-12-13-27(39-2)28(20-22)40-3/h4-13,20H,14-19,21H2,1-3H3,(H,32,33,34). The van der Waals surface area contributed by atoms with Crippen LogP contribution in [0.4, 0.5) is 11.5 Å². The maximum atomic E-state index is 13.1. The first-order chi connectivity index (χ1) is 20.1. The first-order valence-electron chi connectivity index (χ1n) is 13.6. The Labute approximate surface area is 244 Å². The van der Waals surface area contributed by atoms with Crippen molar-refractivity contribution in [2.75, 3.05) is 70.0 Å². The highest BCUT2D eigenvalue weighted by Gasteiger charge is 2.23. The first-order valence-corrected chi connectivity index (χ1v) is 14.6. The van der Waals surface area contributed by atoms with Gasteiger partial charge in [-0.25, -0.2) is 9.97 Å². The van der Waals surface area contributed by atoms with Gasteiger partial charge in [-0.2, -0.15) is 0 Å². The molecule has 0 spiro atoms. The lowest BCUT2D eigenvalue weighted by atomic mass is 10.1. The third-order valence-corrected chi connectivity index (χ3v) is 7.95. The fourth-order valence-corrected chi connectivity index (χ4v) is 5.68. The van der Waals surface area contributed by atoms with Gasteiger partial charge in [0.25, 0.3) is 0 Å². The number of nitrogens with zero attached hydrogens (tertiary/aromatic N) is 4. The number of thioether (sulfide) groups is 1. The van der Waals surface area contributed by atoms with Crippen LogP contribution in [0.15, 0.2) is 71.9 Å². The Kier molecular flexibility index (Phi) is 9.30. The fraction of sp³-hybridized carbons (Fsp3) is 0.323. The molecule has 41 heavy (non-hydrogen) atoms. The molecule has 0 aliphatic carbocycles. The van der Waals surface area contributed by atoms with Crippen molar-refractivity contribution in [2.45, 2.75) is 11.6 Å². The maximum absolute atomic E-state index is 13.1. The monoisotopic (exact) mass is 573 g/mol. The minimum Gasteiger partial charge on any atom is -0.495 e. The minimum absolute atomic E-state index is 0.0920. The van der Waals surface area contributed by atoms with Crippen LogP contribution in [0.5, 0.6) is 17.2 Å². The lowest BCUT2D eigenvalue weighted by Crippen LogP contribution is -2.49. The first kappa shape index (κ1) is 28.4. The number of aromatic nitrogens is 2. The summed E-state index contributed by atoms with van der Waals surface area (Å²) in [5, 5.41) is 5.00. The number of anilines is 2. The SMILES string of the molecule is COc1ccc(CCNc2nc(SCC(=O)N3CCN(c4ccccc4OC)CC3)nc3ccccc23)cc1OC. The van der Waals surface area contributed by atoms with E-state index in [1.54, 1.807) is 21.3 Å². The molecule has 1 saturated heterocycles. The van der Waals surface area contributed by atoms with Crippen LogP contribution < -0.4 is 24.4 Å². The molecule has 9 nitrogen and oxygen atoms in total. The largest absolute Gasteiger partial charge is 0.495 e. The van der Waals surface area contributed by atoms with E-state index < -0.39 is 0 Å². The lowest BCUT2D eigenvalue weighted by molar-refractivity contribution is -0.128. The van der Waals surface area contributed by atoms with E-state index in [0.717, 1.165) is 53.2 Å². The van der Waals surface area contributed by atoms with Gasteiger partial charge in [-0.05, 0) is 48.4 Å². The van der Waals surface area contributed by atoms with Crippen LogP contribution >= 0.6 is 11.8 Å². The lowest BCUT2D eigenvalue weighted by Gasteiger charge is -2.36. The average molecular weight is 574 g/mol. The summed E-state index contributed by atoms with van der Waals surface area (Å²) >= 11 is 1.38. The van der Waals surface area contributed by atoms with Gasteiger partial charge < -0.3 is 29.3 Å². The van der Waals surface area contributed by atoms with Crippen molar-refractivity contribution in [3.8, 4) is 17.2 Å². The van der Waals surface area contributed by atoms with Crippen LogP contribution in [0.2, 0.25) is 0 Å². The molecule has 2 heterocycles. The average Bonchev–Trinajstić information content (AvgIpc) is 3.03. The van der Waals surface area contributed by atoms with Crippen LogP contribution in [0, 0.1) is 0 Å². The summed E-state index contributed by atoms with van der Waals surface area (Å²) in [6.07, 6.45) is 0.778. The van der Waals surface area contributed by atoms with Gasteiger partial charge in [0, 0.05) is 38.1 Å². The van der Waals surface area contributed by atoms with Gasteiger partial charge in [-0.3, -0.25) is 4.79 Å². The van der Waals surface area contributed by atoms with Gasteiger partial charge in [0.2, 0.25) is 5.91 Å². The highest BCUT2D eigenvalue weighted by Crippen LogP contribution is 2.30. The van der Waals surface area contributed by atoms with E-state index in [0.29, 0.717) is 36.3 Å². The summed E-state index contributed by atoms with van der Waals surface area (Å²) < 4.78 is 16.3. The van der Waals surface area contributed by atoms with E-state index in [9.17, 15) is 4.79 Å². The molecule has 1 aromatic heterocycles. The molecule has 10 heteroatoms. The smallest absolute Gasteiger partial charge is 0.233 e. The van der Waals surface area contributed by atoms with Crippen LogP contribution in [-0.4, -0.2) is 80.6 Å². The van der Waals surface area contributed by atoms with Gasteiger partial charge in [0.1, 0.15) is 11.6 Å². The van der Waals surface area contributed by atoms with E-state index in [1.165, 1.54) is 11.8 Å². The van der Waals surface area contributed by atoms with Gasteiger partial charge in [0.15, 0.2) is 16.7 Å². The fourth-order valence-electron chi connectivity index (χ4n) is 4.92. The Morgan fingerprint density at radius 1 is 0.854 bits per heavy atom. The molecule has 0 atom stereocenters. The van der Waals surface area contributed by atoms with Gasteiger partial charge in [0.05, 0.1) is 38.3 Å². The van der Waals surface area contributed by atoms with E-state index in [-0.39, 0.29) is 11.7 Å². The highest BCUT2D eigenvalue weighted by atomic mass is 32.2. The van der Waals surface area contributed by atoms with Crippen LogP contribution in [-0.2, 0) is 11.2 Å². The molecule has 0 saturated carbocycles. The number of fused-ring (bicyclic) bond motifs is 1. The zero-order chi connectivity index (χ0) is 28.6. The second kappa shape index (κ2) is 13.5. The summed E-state index contributed by atoms with van der Waals surface area (Å²) in [5.74, 6) is 3.41. The van der Waals surface area contributed by atoms with E-state index in [2.05, 4.69) is 16.3 Å². The molecule has 3 aromatic carbocycles. The van der Waals surface area contributed by atoms with Crippen molar-refractivity contribution in [3.63, 3.8) is 0 Å². The highest BCUT2D eigenvalue weighted by molar-refractivity contribution is 7.99. The number of hydrogen-bond donors (Lipinski definition) is 1. The van der Waals surface area contributed by atoms with E-state index in [1.807, 2.05) is 65.6 Å². The molecule has 5 rings (SSSR count). The predicted octanol–water partition coefficient (Wildman–Crippen LogP) is 4.75. The number of methoxy groups -OCH3 is 3. The number of ether oxygens (including phenoxy) is 3. The number of hydrogen-bond acceptors (Lipinski definition) is 9. The second-order valence-corrected chi connectivity index (χ2v) is 10.5. The number of carbonyl (C=O) groups excluding carboxylic acids is 1. The number of rotatable bonds is 11. The molecule has 1 fully saturated rings. The minimum atomic E-state index is 0.0920. The topological polar surface area (TPSA) is 89.1 Å². The summed E-state index contributed by atoms with van der Waals surface area (Å²) in [6.45, 7) is 3.53. The van der Waals surface area contributed by atoms with Gasteiger partial charge in [-0.15, -0.1) is 0 Å². The Hall–Kier alpha value is -4.18. The Balaban J connectivity index is 1.19. The number of nitrogens with one attached hydrogen (secondary N) is 1. The van der Waals surface area contributed by atoms with Gasteiger partial charge >= 0.3 is 0 Å². The molecule has 1 amide bonds. The molecule has 1 aliphatic rings. The quantitative estimate of drug-likeness (QED) is 0.202. The number of benzene rings is 3. The summed E-state index contributed by atoms with van der Waals surface area (Å²) in [4.78, 5) is 26.8. The summed E-state index contributed by atoms with van der Waals surface area (Å²) in [6, 6.07) is 21.9. The summed E-state index contributed by atoms with van der Waals surface area (Å²) in [7, 11) is 4.95. The maximum Gasteiger partial charge on any atom is 0.233 e. The zero-order valence-electron chi connectivity index (χ0n) is 23.6. The number of carbonyl (C=O) groups is 1. The van der Waals surface area contributed by atoms with Crippen molar-refractivity contribution in [2.24, 2.45) is 0 Å². The normalized spacial score (nSPS) is 13.2. The molecule has 0 radical (unpaired) electrons. The summed E-state index contributed by atoms with van der Waals surface area (Å²) in [5.41, 5.74) is 3.03. The third-order valence-electron chi connectivity index (χ3n) is 7.12. The molecule has 0 bridgehead atoms. The third kappa shape index (κ3) is 6.77.